The molecule has 3 N–H and O–H groups in total. The Morgan fingerprint density at radius 3 is 2.43 bits per heavy atom. The highest BCUT2D eigenvalue weighted by Crippen LogP contribution is 2.00. The maximum absolute atomic E-state index is 11.4. The van der Waals surface area contributed by atoms with Crippen LogP contribution in [0.4, 0.5) is 0 Å². The lowest BCUT2D eigenvalue weighted by atomic mass is 10.2. The summed E-state index contributed by atoms with van der Waals surface area (Å²) in [6.45, 7) is 4.45. The van der Waals surface area contributed by atoms with Gasteiger partial charge in [-0.25, -0.2) is 13.1 Å². The fraction of sp³-hybridized carbons (Fsp3) is 1.00. The predicted octanol–water partition coefficient (Wildman–Crippen LogP) is 0.833. The molecule has 0 fully saturated rings. The van der Waals surface area contributed by atoms with Crippen molar-refractivity contribution in [3.63, 3.8) is 0 Å². The molecule has 86 valence electrons. The van der Waals surface area contributed by atoms with Crippen molar-refractivity contribution in [1.29, 1.82) is 0 Å². The standard InChI is InChI=1S/C9H22N2O2S/c1-3-4-5-6-7-11-14(12,13)9(2)8-10/h9,11H,3-8,10H2,1-2H3. The third-order valence-corrected chi connectivity index (χ3v) is 4.05. The van der Waals surface area contributed by atoms with E-state index < -0.39 is 15.3 Å². The number of hydrogen-bond acceptors (Lipinski definition) is 3. The molecule has 0 heterocycles. The second kappa shape index (κ2) is 7.20. The summed E-state index contributed by atoms with van der Waals surface area (Å²) in [7, 11) is -3.17. The van der Waals surface area contributed by atoms with E-state index in [-0.39, 0.29) is 6.54 Å². The quantitative estimate of drug-likeness (QED) is 0.598. The smallest absolute Gasteiger partial charge is 0.215 e. The highest BCUT2D eigenvalue weighted by Gasteiger charge is 2.17. The zero-order valence-corrected chi connectivity index (χ0v) is 9.94. The number of unbranched alkanes of at least 4 members (excludes halogenated alkanes) is 3. The molecular weight excluding hydrogens is 200 g/mol. The van der Waals surface area contributed by atoms with Crippen LogP contribution in [-0.2, 0) is 10.0 Å². The van der Waals surface area contributed by atoms with Crippen molar-refractivity contribution in [2.75, 3.05) is 13.1 Å². The normalized spacial score (nSPS) is 14.2. The first kappa shape index (κ1) is 13.9. The molecule has 0 rings (SSSR count). The molecule has 14 heavy (non-hydrogen) atoms. The third kappa shape index (κ3) is 5.57. The minimum Gasteiger partial charge on any atom is -0.329 e. The van der Waals surface area contributed by atoms with Crippen molar-refractivity contribution in [2.24, 2.45) is 5.73 Å². The summed E-state index contributed by atoms with van der Waals surface area (Å²) < 4.78 is 25.4. The van der Waals surface area contributed by atoms with E-state index in [0.717, 1.165) is 25.7 Å². The second-order valence-corrected chi connectivity index (χ2v) is 5.73. The lowest BCUT2D eigenvalue weighted by Crippen LogP contribution is -2.37. The van der Waals surface area contributed by atoms with Gasteiger partial charge in [0, 0.05) is 13.1 Å². The third-order valence-electron chi connectivity index (χ3n) is 2.20. The molecule has 0 bridgehead atoms. The van der Waals surface area contributed by atoms with Crippen molar-refractivity contribution in [3.8, 4) is 0 Å². The Morgan fingerprint density at radius 2 is 1.93 bits per heavy atom. The average Bonchev–Trinajstić information content (AvgIpc) is 2.16. The van der Waals surface area contributed by atoms with Crippen molar-refractivity contribution < 1.29 is 8.42 Å². The van der Waals surface area contributed by atoms with Crippen molar-refractivity contribution in [3.05, 3.63) is 0 Å². The SMILES string of the molecule is CCCCCCNS(=O)(=O)C(C)CN. The molecule has 1 atom stereocenters. The van der Waals surface area contributed by atoms with Crippen LogP contribution < -0.4 is 10.5 Å². The summed E-state index contributed by atoms with van der Waals surface area (Å²) in [4.78, 5) is 0. The summed E-state index contributed by atoms with van der Waals surface area (Å²) in [5, 5.41) is -0.492. The highest BCUT2D eigenvalue weighted by molar-refractivity contribution is 7.90. The van der Waals surface area contributed by atoms with Gasteiger partial charge in [0.2, 0.25) is 10.0 Å². The number of rotatable bonds is 8. The van der Waals surface area contributed by atoms with Crippen molar-refractivity contribution in [2.45, 2.75) is 44.8 Å². The van der Waals surface area contributed by atoms with Crippen LogP contribution in [-0.4, -0.2) is 26.8 Å². The molecular formula is C9H22N2O2S. The first-order chi connectivity index (χ1) is 6.54. The lowest BCUT2D eigenvalue weighted by molar-refractivity contribution is 0.562. The summed E-state index contributed by atoms with van der Waals surface area (Å²) in [5.74, 6) is 0. The molecule has 0 amide bonds. The van der Waals surface area contributed by atoms with Crippen molar-refractivity contribution >= 4 is 10.0 Å². The van der Waals surface area contributed by atoms with Gasteiger partial charge in [-0.05, 0) is 13.3 Å². The Balaban J connectivity index is 3.67. The van der Waals surface area contributed by atoms with E-state index in [2.05, 4.69) is 11.6 Å². The van der Waals surface area contributed by atoms with Crippen molar-refractivity contribution in [1.82, 2.24) is 4.72 Å². The van der Waals surface area contributed by atoms with Crippen LogP contribution in [0.1, 0.15) is 39.5 Å². The number of hydrogen-bond donors (Lipinski definition) is 2. The highest BCUT2D eigenvalue weighted by atomic mass is 32.2. The van der Waals surface area contributed by atoms with E-state index in [4.69, 9.17) is 5.73 Å². The molecule has 0 saturated carbocycles. The molecule has 0 aromatic heterocycles. The van der Waals surface area contributed by atoms with Crippen LogP contribution in [0.3, 0.4) is 0 Å². The van der Waals surface area contributed by atoms with E-state index in [1.54, 1.807) is 6.92 Å². The Morgan fingerprint density at radius 1 is 1.29 bits per heavy atom. The van der Waals surface area contributed by atoms with Crippen LogP contribution in [0.15, 0.2) is 0 Å². The van der Waals surface area contributed by atoms with Gasteiger partial charge in [-0.1, -0.05) is 26.2 Å². The molecule has 0 radical (unpaired) electrons. The van der Waals surface area contributed by atoms with Crippen LogP contribution in [0.25, 0.3) is 0 Å². The fourth-order valence-electron chi connectivity index (χ4n) is 1.04. The first-order valence-corrected chi connectivity index (χ1v) is 6.77. The van der Waals surface area contributed by atoms with Gasteiger partial charge in [-0.2, -0.15) is 0 Å². The van der Waals surface area contributed by atoms with Gasteiger partial charge >= 0.3 is 0 Å². The van der Waals surface area contributed by atoms with Crippen LogP contribution in [0, 0.1) is 0 Å². The Kier molecular flexibility index (Phi) is 7.13. The summed E-state index contributed by atoms with van der Waals surface area (Å²) in [6.07, 6.45) is 4.31. The lowest BCUT2D eigenvalue weighted by Gasteiger charge is -2.11. The van der Waals surface area contributed by atoms with Gasteiger partial charge in [-0.15, -0.1) is 0 Å². The van der Waals surface area contributed by atoms with E-state index >= 15 is 0 Å². The first-order valence-electron chi connectivity index (χ1n) is 5.23. The monoisotopic (exact) mass is 222 g/mol. The second-order valence-electron chi connectivity index (χ2n) is 3.55. The van der Waals surface area contributed by atoms with Gasteiger partial charge in [0.25, 0.3) is 0 Å². The van der Waals surface area contributed by atoms with Gasteiger partial charge in [0.15, 0.2) is 0 Å². The van der Waals surface area contributed by atoms with Gasteiger partial charge in [-0.3, -0.25) is 0 Å². The van der Waals surface area contributed by atoms with Gasteiger partial charge in [0.1, 0.15) is 0 Å². The molecule has 0 spiro atoms. The van der Waals surface area contributed by atoms with E-state index in [1.165, 1.54) is 0 Å². The largest absolute Gasteiger partial charge is 0.329 e. The number of nitrogens with two attached hydrogens (primary N) is 1. The summed E-state index contributed by atoms with van der Waals surface area (Å²) in [5.41, 5.74) is 5.29. The molecule has 0 aliphatic carbocycles. The zero-order chi connectivity index (χ0) is 11.0. The molecule has 0 aromatic carbocycles. The van der Waals surface area contributed by atoms with Crippen LogP contribution in [0.5, 0.6) is 0 Å². The molecule has 0 aliphatic rings. The number of sulfonamides is 1. The molecule has 4 nitrogen and oxygen atoms in total. The maximum atomic E-state index is 11.4. The van der Waals surface area contributed by atoms with Crippen LogP contribution >= 0.6 is 0 Å². The molecule has 0 saturated heterocycles. The topological polar surface area (TPSA) is 72.2 Å². The molecule has 0 aromatic rings. The molecule has 5 heteroatoms. The van der Waals surface area contributed by atoms with E-state index in [9.17, 15) is 8.42 Å². The number of nitrogens with one attached hydrogen (secondary N) is 1. The van der Waals surface area contributed by atoms with E-state index in [0.29, 0.717) is 6.54 Å². The van der Waals surface area contributed by atoms with E-state index in [1.807, 2.05) is 0 Å². The Labute approximate surface area is 87.3 Å². The zero-order valence-electron chi connectivity index (χ0n) is 9.12. The Hall–Kier alpha value is -0.130. The predicted molar refractivity (Wildman–Crippen MR) is 59.6 cm³/mol. The minimum atomic E-state index is -3.17. The summed E-state index contributed by atoms with van der Waals surface area (Å²) in [6, 6.07) is 0. The molecule has 0 aliphatic heterocycles. The average molecular weight is 222 g/mol. The fourth-order valence-corrected chi connectivity index (χ4v) is 2.00. The Bertz CT molecular complexity index is 227. The summed E-state index contributed by atoms with van der Waals surface area (Å²) >= 11 is 0. The minimum absolute atomic E-state index is 0.171. The van der Waals surface area contributed by atoms with Gasteiger partial charge < -0.3 is 5.73 Å². The maximum Gasteiger partial charge on any atom is 0.215 e. The van der Waals surface area contributed by atoms with Crippen LogP contribution in [0.2, 0.25) is 0 Å². The molecule has 1 unspecified atom stereocenters. The van der Waals surface area contributed by atoms with Gasteiger partial charge in [0.05, 0.1) is 5.25 Å².